The first-order chi connectivity index (χ1) is 9.86. The monoisotopic (exact) mass is 265 g/mol. The van der Waals surface area contributed by atoms with E-state index in [1.165, 1.54) is 11.3 Å². The summed E-state index contributed by atoms with van der Waals surface area (Å²) in [6.45, 7) is 0. The molecule has 1 aromatic carbocycles. The van der Waals surface area contributed by atoms with Crippen molar-refractivity contribution in [2.24, 2.45) is 0 Å². The van der Waals surface area contributed by atoms with Gasteiger partial charge in [0, 0.05) is 23.7 Å². The minimum absolute atomic E-state index is 0.750. The smallest absolute Gasteiger partial charge is 0.165 e. The molecule has 3 aromatic rings. The van der Waals surface area contributed by atoms with Crippen molar-refractivity contribution in [1.29, 1.82) is 0 Å². The van der Waals surface area contributed by atoms with Gasteiger partial charge in [-0.05, 0) is 25.3 Å². The van der Waals surface area contributed by atoms with Gasteiger partial charge in [0.15, 0.2) is 5.82 Å². The highest BCUT2D eigenvalue weighted by Crippen LogP contribution is 2.32. The summed E-state index contributed by atoms with van der Waals surface area (Å²) in [5.74, 6) is 1.70. The summed E-state index contributed by atoms with van der Waals surface area (Å²) in [5.41, 5.74) is 4.28. The Kier molecular flexibility index (Phi) is 2.49. The molecule has 0 radical (unpaired) electrons. The Morgan fingerprint density at radius 2 is 2.05 bits per heavy atom. The van der Waals surface area contributed by atoms with Gasteiger partial charge in [0.1, 0.15) is 17.7 Å². The summed E-state index contributed by atoms with van der Waals surface area (Å²) in [5, 5.41) is 4.26. The van der Waals surface area contributed by atoms with Crippen molar-refractivity contribution in [3.8, 4) is 11.4 Å². The van der Waals surface area contributed by atoms with Crippen LogP contribution in [0, 0.1) is 0 Å². The number of hydrogen-bond donors (Lipinski definition) is 1. The predicted molar refractivity (Wildman–Crippen MR) is 78.8 cm³/mol. The van der Waals surface area contributed by atoms with Crippen molar-refractivity contribution >= 4 is 16.8 Å². The molecule has 0 saturated carbocycles. The van der Waals surface area contributed by atoms with E-state index in [1.807, 2.05) is 31.3 Å². The molecule has 0 aliphatic heterocycles. The van der Waals surface area contributed by atoms with Crippen LogP contribution in [0.5, 0.6) is 0 Å². The average molecular weight is 265 g/mol. The van der Waals surface area contributed by atoms with Crippen LogP contribution in [-0.4, -0.2) is 17.0 Å². The molecule has 0 fully saturated rings. The maximum atomic E-state index is 5.60. The lowest BCUT2D eigenvalue weighted by Crippen LogP contribution is -2.03. The molecule has 2 aromatic heterocycles. The van der Waals surface area contributed by atoms with Crippen LogP contribution in [0.1, 0.15) is 17.7 Å². The van der Waals surface area contributed by atoms with E-state index in [0.29, 0.717) is 0 Å². The first-order valence-electron chi connectivity index (χ1n) is 6.91. The summed E-state index contributed by atoms with van der Waals surface area (Å²) in [7, 11) is 1.91. The SMILES string of the molecule is CNc1nc(-c2coc3ccccc23)nc2c1CCC2. The first kappa shape index (κ1) is 11.5. The number of furan rings is 1. The number of benzene rings is 1. The van der Waals surface area contributed by atoms with Gasteiger partial charge in [0.25, 0.3) is 0 Å². The Morgan fingerprint density at radius 1 is 1.15 bits per heavy atom. The van der Waals surface area contributed by atoms with Crippen molar-refractivity contribution in [2.45, 2.75) is 19.3 Å². The Balaban J connectivity index is 1.94. The largest absolute Gasteiger partial charge is 0.464 e. The van der Waals surface area contributed by atoms with Gasteiger partial charge < -0.3 is 9.73 Å². The van der Waals surface area contributed by atoms with Crippen LogP contribution in [0.3, 0.4) is 0 Å². The highest BCUT2D eigenvalue weighted by atomic mass is 16.3. The van der Waals surface area contributed by atoms with E-state index < -0.39 is 0 Å². The Labute approximate surface area is 116 Å². The molecule has 4 heteroatoms. The van der Waals surface area contributed by atoms with Crippen LogP contribution in [-0.2, 0) is 12.8 Å². The molecule has 0 saturated heterocycles. The molecule has 0 amide bonds. The van der Waals surface area contributed by atoms with Gasteiger partial charge in [-0.25, -0.2) is 9.97 Å². The van der Waals surface area contributed by atoms with E-state index in [0.717, 1.165) is 47.4 Å². The molecule has 100 valence electrons. The van der Waals surface area contributed by atoms with Crippen LogP contribution in [0.25, 0.3) is 22.4 Å². The maximum Gasteiger partial charge on any atom is 0.165 e. The minimum atomic E-state index is 0.750. The van der Waals surface area contributed by atoms with Crippen LogP contribution in [0.15, 0.2) is 34.9 Å². The highest BCUT2D eigenvalue weighted by Gasteiger charge is 2.20. The fraction of sp³-hybridized carbons (Fsp3) is 0.250. The lowest BCUT2D eigenvalue weighted by molar-refractivity contribution is 0.616. The second-order valence-corrected chi connectivity index (χ2v) is 5.07. The number of nitrogens with one attached hydrogen (secondary N) is 1. The number of aryl methyl sites for hydroxylation is 1. The Hall–Kier alpha value is -2.36. The Bertz CT molecular complexity index is 792. The standard InChI is InChI=1S/C16H15N3O/c1-17-15-11-6-4-7-13(11)18-16(19-15)12-9-20-14-8-3-2-5-10(12)14/h2-3,5,8-9H,4,6-7H2,1H3,(H,17,18,19). The molecule has 1 N–H and O–H groups in total. The van der Waals surface area contributed by atoms with Crippen LogP contribution >= 0.6 is 0 Å². The second kappa shape index (κ2) is 4.34. The fourth-order valence-corrected chi connectivity index (χ4v) is 2.91. The minimum Gasteiger partial charge on any atom is -0.464 e. The summed E-state index contributed by atoms with van der Waals surface area (Å²) in [6.07, 6.45) is 5.02. The van der Waals surface area contributed by atoms with Crippen molar-refractivity contribution in [1.82, 2.24) is 9.97 Å². The fourth-order valence-electron chi connectivity index (χ4n) is 2.91. The van der Waals surface area contributed by atoms with Crippen molar-refractivity contribution < 1.29 is 4.42 Å². The third-order valence-corrected chi connectivity index (χ3v) is 3.89. The second-order valence-electron chi connectivity index (χ2n) is 5.07. The summed E-state index contributed by atoms with van der Waals surface area (Å²) >= 11 is 0. The molecule has 4 rings (SSSR count). The molecule has 0 spiro atoms. The molecular formula is C16H15N3O. The number of rotatable bonds is 2. The molecule has 2 heterocycles. The van der Waals surface area contributed by atoms with Crippen molar-refractivity contribution in [3.05, 3.63) is 41.8 Å². The maximum absolute atomic E-state index is 5.60. The predicted octanol–water partition coefficient (Wildman–Crippen LogP) is 3.42. The third kappa shape index (κ3) is 1.61. The van der Waals surface area contributed by atoms with Crippen molar-refractivity contribution in [3.63, 3.8) is 0 Å². The van der Waals surface area contributed by atoms with E-state index >= 15 is 0 Å². The van der Waals surface area contributed by atoms with E-state index in [2.05, 4.69) is 10.3 Å². The number of fused-ring (bicyclic) bond motifs is 2. The summed E-state index contributed by atoms with van der Waals surface area (Å²) in [4.78, 5) is 9.42. The number of hydrogen-bond acceptors (Lipinski definition) is 4. The summed E-state index contributed by atoms with van der Waals surface area (Å²) in [6, 6.07) is 7.99. The zero-order chi connectivity index (χ0) is 13.5. The quantitative estimate of drug-likeness (QED) is 0.771. The van der Waals surface area contributed by atoms with Gasteiger partial charge >= 0.3 is 0 Å². The van der Waals surface area contributed by atoms with E-state index in [9.17, 15) is 0 Å². The topological polar surface area (TPSA) is 51.0 Å². The number of nitrogens with zero attached hydrogens (tertiary/aromatic N) is 2. The zero-order valence-corrected chi connectivity index (χ0v) is 11.3. The molecule has 0 atom stereocenters. The van der Waals surface area contributed by atoms with E-state index in [4.69, 9.17) is 9.40 Å². The van der Waals surface area contributed by atoms with E-state index in [1.54, 1.807) is 6.26 Å². The van der Waals surface area contributed by atoms with Gasteiger partial charge in [0.05, 0.1) is 5.56 Å². The number of aromatic nitrogens is 2. The third-order valence-electron chi connectivity index (χ3n) is 3.89. The lowest BCUT2D eigenvalue weighted by Gasteiger charge is -2.08. The van der Waals surface area contributed by atoms with Crippen molar-refractivity contribution in [2.75, 3.05) is 12.4 Å². The molecule has 0 bridgehead atoms. The van der Waals surface area contributed by atoms with Gasteiger partial charge in [-0.15, -0.1) is 0 Å². The van der Waals surface area contributed by atoms with Crippen LogP contribution in [0.2, 0.25) is 0 Å². The zero-order valence-electron chi connectivity index (χ0n) is 11.3. The average Bonchev–Trinajstić information content (AvgIpc) is 3.12. The van der Waals surface area contributed by atoms with E-state index in [-0.39, 0.29) is 0 Å². The van der Waals surface area contributed by atoms with Gasteiger partial charge in [-0.1, -0.05) is 18.2 Å². The Morgan fingerprint density at radius 3 is 2.95 bits per heavy atom. The molecule has 20 heavy (non-hydrogen) atoms. The van der Waals surface area contributed by atoms with Crippen LogP contribution in [0.4, 0.5) is 5.82 Å². The highest BCUT2D eigenvalue weighted by molar-refractivity contribution is 5.92. The molecule has 1 aliphatic rings. The van der Waals surface area contributed by atoms with Crippen LogP contribution < -0.4 is 5.32 Å². The van der Waals surface area contributed by atoms with Gasteiger partial charge in [-0.3, -0.25) is 0 Å². The lowest BCUT2D eigenvalue weighted by atomic mass is 10.1. The molecule has 1 aliphatic carbocycles. The number of anilines is 1. The molecule has 4 nitrogen and oxygen atoms in total. The van der Waals surface area contributed by atoms with Gasteiger partial charge in [0.2, 0.25) is 0 Å². The normalized spacial score (nSPS) is 13.7. The summed E-state index contributed by atoms with van der Waals surface area (Å²) < 4.78 is 5.60. The molecule has 0 unspecified atom stereocenters. The number of para-hydroxylation sites is 1. The first-order valence-corrected chi connectivity index (χ1v) is 6.91. The molecular weight excluding hydrogens is 250 g/mol. The van der Waals surface area contributed by atoms with Gasteiger partial charge in [-0.2, -0.15) is 0 Å².